The van der Waals surface area contributed by atoms with E-state index in [1.54, 1.807) is 13.4 Å². The van der Waals surface area contributed by atoms with Gasteiger partial charge in [0.2, 0.25) is 5.91 Å². The average Bonchev–Trinajstić information content (AvgIpc) is 3.18. The molecule has 3 aromatic rings. The van der Waals surface area contributed by atoms with Crippen LogP contribution in [0.3, 0.4) is 0 Å². The smallest absolute Gasteiger partial charge is 0.320 e. The van der Waals surface area contributed by atoms with Crippen LogP contribution >= 0.6 is 0 Å². The van der Waals surface area contributed by atoms with Gasteiger partial charge in [0.25, 0.3) is 0 Å². The molecule has 0 saturated heterocycles. The van der Waals surface area contributed by atoms with Crippen LogP contribution in [0.5, 0.6) is 11.8 Å². The highest BCUT2D eigenvalue weighted by Gasteiger charge is 2.28. The maximum Gasteiger partial charge on any atom is 0.320 e. The SMILES string of the molecule is COc1cccc(NC(=O)C2CCC(n3cnc4c(N)nc(OC)nc43)CC2)c1. The zero-order valence-corrected chi connectivity index (χ0v) is 16.5. The lowest BCUT2D eigenvalue weighted by atomic mass is 9.85. The van der Waals surface area contributed by atoms with Crippen LogP contribution < -0.4 is 20.5 Å². The number of amides is 1. The lowest BCUT2D eigenvalue weighted by Gasteiger charge is -2.28. The summed E-state index contributed by atoms with van der Waals surface area (Å²) >= 11 is 0. The summed E-state index contributed by atoms with van der Waals surface area (Å²) in [6.45, 7) is 0. The summed E-state index contributed by atoms with van der Waals surface area (Å²) < 4.78 is 12.4. The molecule has 3 N–H and O–H groups in total. The van der Waals surface area contributed by atoms with E-state index in [0.717, 1.165) is 37.1 Å². The lowest BCUT2D eigenvalue weighted by molar-refractivity contribution is -0.120. The number of imidazole rings is 1. The first-order chi connectivity index (χ1) is 14.1. The van der Waals surface area contributed by atoms with Crippen molar-refractivity contribution in [3.05, 3.63) is 30.6 Å². The summed E-state index contributed by atoms with van der Waals surface area (Å²) in [5.74, 6) is 1.04. The van der Waals surface area contributed by atoms with Crippen LogP contribution in [-0.2, 0) is 4.79 Å². The number of anilines is 2. The molecule has 0 atom stereocenters. The fourth-order valence-corrected chi connectivity index (χ4v) is 3.84. The van der Waals surface area contributed by atoms with Gasteiger partial charge in [-0.1, -0.05) is 6.07 Å². The molecule has 29 heavy (non-hydrogen) atoms. The maximum absolute atomic E-state index is 12.7. The first-order valence-electron chi connectivity index (χ1n) is 9.58. The third kappa shape index (κ3) is 3.80. The minimum atomic E-state index is -0.0264. The minimum Gasteiger partial charge on any atom is -0.497 e. The Morgan fingerprint density at radius 3 is 2.69 bits per heavy atom. The molecule has 0 bridgehead atoms. The third-order valence-corrected chi connectivity index (χ3v) is 5.41. The van der Waals surface area contributed by atoms with Gasteiger partial charge in [-0.05, 0) is 37.8 Å². The highest BCUT2D eigenvalue weighted by molar-refractivity contribution is 5.92. The van der Waals surface area contributed by atoms with E-state index < -0.39 is 0 Å². The van der Waals surface area contributed by atoms with Crippen molar-refractivity contribution in [3.8, 4) is 11.8 Å². The van der Waals surface area contributed by atoms with Gasteiger partial charge in [0, 0.05) is 23.7 Å². The van der Waals surface area contributed by atoms with Gasteiger partial charge in [0.1, 0.15) is 5.75 Å². The van der Waals surface area contributed by atoms with Crippen molar-refractivity contribution in [2.45, 2.75) is 31.7 Å². The van der Waals surface area contributed by atoms with Gasteiger partial charge < -0.3 is 25.1 Å². The number of hydrogen-bond donors (Lipinski definition) is 2. The molecule has 4 rings (SSSR count). The number of nitrogens with one attached hydrogen (secondary N) is 1. The number of aromatic nitrogens is 4. The second kappa shape index (κ2) is 7.94. The molecule has 0 radical (unpaired) electrons. The van der Waals surface area contributed by atoms with Gasteiger partial charge >= 0.3 is 6.01 Å². The summed E-state index contributed by atoms with van der Waals surface area (Å²) in [7, 11) is 3.11. The molecule has 1 amide bonds. The zero-order valence-electron chi connectivity index (χ0n) is 16.5. The van der Waals surface area contributed by atoms with Crippen LogP contribution in [0.25, 0.3) is 11.2 Å². The first kappa shape index (κ1) is 19.0. The van der Waals surface area contributed by atoms with E-state index in [4.69, 9.17) is 15.2 Å². The van der Waals surface area contributed by atoms with Crippen molar-refractivity contribution in [2.75, 3.05) is 25.3 Å². The van der Waals surface area contributed by atoms with Gasteiger partial charge in [0.15, 0.2) is 17.0 Å². The van der Waals surface area contributed by atoms with Gasteiger partial charge in [-0.3, -0.25) is 4.79 Å². The van der Waals surface area contributed by atoms with E-state index in [1.807, 2.05) is 28.8 Å². The Morgan fingerprint density at radius 2 is 1.97 bits per heavy atom. The second-order valence-corrected chi connectivity index (χ2v) is 7.15. The Kier molecular flexibility index (Phi) is 5.20. The molecule has 1 aliphatic rings. The molecule has 152 valence electrons. The number of nitrogens with two attached hydrogens (primary N) is 1. The molecular formula is C20H24N6O3. The maximum atomic E-state index is 12.7. The predicted molar refractivity (Wildman–Crippen MR) is 109 cm³/mol. The lowest BCUT2D eigenvalue weighted by Crippen LogP contribution is -2.28. The number of fused-ring (bicyclic) bond motifs is 1. The molecule has 9 nitrogen and oxygen atoms in total. The molecular weight excluding hydrogens is 372 g/mol. The Morgan fingerprint density at radius 1 is 1.17 bits per heavy atom. The molecule has 2 aromatic heterocycles. The van der Waals surface area contributed by atoms with E-state index in [1.165, 1.54) is 7.11 Å². The number of nitrogens with zero attached hydrogens (tertiary/aromatic N) is 4. The third-order valence-electron chi connectivity index (χ3n) is 5.41. The van der Waals surface area contributed by atoms with Crippen molar-refractivity contribution in [1.82, 2.24) is 19.5 Å². The summed E-state index contributed by atoms with van der Waals surface area (Å²) in [5.41, 5.74) is 7.95. The van der Waals surface area contributed by atoms with Crippen LogP contribution in [0.2, 0.25) is 0 Å². The van der Waals surface area contributed by atoms with Gasteiger partial charge in [-0.15, -0.1) is 0 Å². The van der Waals surface area contributed by atoms with Crippen LogP contribution in [0.15, 0.2) is 30.6 Å². The van der Waals surface area contributed by atoms with Crippen LogP contribution in [0, 0.1) is 5.92 Å². The van der Waals surface area contributed by atoms with Crippen molar-refractivity contribution in [1.29, 1.82) is 0 Å². The summed E-state index contributed by atoms with van der Waals surface area (Å²) in [4.78, 5) is 25.5. The summed E-state index contributed by atoms with van der Waals surface area (Å²) in [5, 5.41) is 3.00. The van der Waals surface area contributed by atoms with E-state index in [0.29, 0.717) is 17.0 Å². The van der Waals surface area contributed by atoms with Crippen molar-refractivity contribution < 1.29 is 14.3 Å². The van der Waals surface area contributed by atoms with Gasteiger partial charge in [-0.2, -0.15) is 9.97 Å². The van der Waals surface area contributed by atoms with E-state index in [2.05, 4.69) is 20.3 Å². The average molecular weight is 396 g/mol. The molecule has 2 heterocycles. The largest absolute Gasteiger partial charge is 0.497 e. The monoisotopic (exact) mass is 396 g/mol. The molecule has 0 aliphatic heterocycles. The van der Waals surface area contributed by atoms with Crippen molar-refractivity contribution in [3.63, 3.8) is 0 Å². The molecule has 1 fully saturated rings. The Hall–Kier alpha value is -3.36. The second-order valence-electron chi connectivity index (χ2n) is 7.15. The van der Waals surface area contributed by atoms with E-state index in [9.17, 15) is 4.79 Å². The zero-order chi connectivity index (χ0) is 20.4. The number of methoxy groups -OCH3 is 2. The fraction of sp³-hybridized carbons (Fsp3) is 0.400. The number of benzene rings is 1. The van der Waals surface area contributed by atoms with Gasteiger partial charge in [0.05, 0.1) is 20.5 Å². The Bertz CT molecular complexity index is 1030. The molecule has 0 spiro atoms. The Labute approximate surface area is 168 Å². The molecule has 1 aromatic carbocycles. The van der Waals surface area contributed by atoms with Crippen molar-refractivity contribution in [2.24, 2.45) is 5.92 Å². The van der Waals surface area contributed by atoms with Crippen LogP contribution in [0.4, 0.5) is 11.5 Å². The quantitative estimate of drug-likeness (QED) is 0.681. The topological polar surface area (TPSA) is 117 Å². The first-order valence-corrected chi connectivity index (χ1v) is 9.58. The van der Waals surface area contributed by atoms with E-state index >= 15 is 0 Å². The summed E-state index contributed by atoms with van der Waals surface area (Å²) in [6.07, 6.45) is 5.04. The number of carbonyl (C=O) groups is 1. The number of rotatable bonds is 5. The highest BCUT2D eigenvalue weighted by Crippen LogP contribution is 2.35. The number of ether oxygens (including phenoxy) is 2. The molecule has 9 heteroatoms. The van der Waals surface area contributed by atoms with E-state index in [-0.39, 0.29) is 23.9 Å². The molecule has 1 saturated carbocycles. The summed E-state index contributed by atoms with van der Waals surface area (Å²) in [6, 6.07) is 7.82. The Balaban J connectivity index is 1.43. The number of hydrogen-bond acceptors (Lipinski definition) is 7. The van der Waals surface area contributed by atoms with Crippen LogP contribution in [0.1, 0.15) is 31.7 Å². The standard InChI is InChI=1S/C20H24N6O3/c1-28-15-5-3-4-13(10-15)23-19(27)12-6-8-14(9-7-12)26-11-22-16-17(21)24-20(29-2)25-18(16)26/h3-5,10-12,14H,6-9H2,1-2H3,(H,23,27)(H2,21,24,25). The van der Waals surface area contributed by atoms with Crippen LogP contribution in [-0.4, -0.2) is 39.6 Å². The van der Waals surface area contributed by atoms with Crippen molar-refractivity contribution >= 4 is 28.6 Å². The fourth-order valence-electron chi connectivity index (χ4n) is 3.84. The molecule has 0 unspecified atom stereocenters. The number of carbonyl (C=O) groups excluding carboxylic acids is 1. The highest BCUT2D eigenvalue weighted by atomic mass is 16.5. The molecule has 1 aliphatic carbocycles. The minimum absolute atomic E-state index is 0.0264. The van der Waals surface area contributed by atoms with Gasteiger partial charge in [-0.25, -0.2) is 4.98 Å². The number of nitrogen functional groups attached to an aromatic ring is 1. The normalized spacial score (nSPS) is 19.1. The predicted octanol–water partition coefficient (Wildman–Crippen LogP) is 2.80.